The van der Waals surface area contributed by atoms with Gasteiger partial charge in [0, 0.05) is 17.3 Å². The van der Waals surface area contributed by atoms with E-state index in [1.807, 2.05) is 18.2 Å². The van der Waals surface area contributed by atoms with Gasteiger partial charge in [0.05, 0.1) is 23.7 Å². The zero-order chi connectivity index (χ0) is 31.5. The molecule has 7 atom stereocenters. The molecule has 1 aromatic carbocycles. The van der Waals surface area contributed by atoms with E-state index in [0.717, 1.165) is 68.3 Å². The molecule has 0 saturated heterocycles. The molecule has 1 fully saturated rings. The number of rotatable bonds is 18. The van der Waals surface area contributed by atoms with Crippen LogP contribution in [0.1, 0.15) is 109 Å². The SMILES string of the molecule is CCCCCC1C=CC(CCCCCC(C(=O)O)C(O)CCC2(O)CCCC2Cc2ccc(-c3cccc([O-])c3)[nH]2)C(O)C1. The van der Waals surface area contributed by atoms with Gasteiger partial charge in [0.15, 0.2) is 0 Å². The average molecular weight is 609 g/mol. The van der Waals surface area contributed by atoms with Crippen molar-refractivity contribution in [3.8, 4) is 17.0 Å². The Kier molecular flexibility index (Phi) is 13.0. The standard InChI is InChI=1S/C37H55NO6/c1-2-3-5-10-26-16-17-27(35(41)23-26)11-6-4-7-15-32(36(42)43)34(40)20-22-37(44)21-9-13-29(37)25-30-18-19-33(38-30)28-12-8-14-31(39)24-28/h8,12,14,16-19,24,26-27,29,32,34-35,38-41,44H,2-7,9-11,13,15,20-23,25H2,1H3,(H,42,43)/p-1. The largest absolute Gasteiger partial charge is 0.872 e. The molecule has 7 nitrogen and oxygen atoms in total. The number of carboxylic acids is 1. The average Bonchev–Trinajstić information content (AvgIpc) is 3.61. The third-order valence-corrected chi connectivity index (χ3v) is 10.3. The highest BCUT2D eigenvalue weighted by atomic mass is 16.4. The molecule has 7 unspecified atom stereocenters. The van der Waals surface area contributed by atoms with Crippen molar-refractivity contribution in [1.29, 1.82) is 0 Å². The number of hydrogen-bond donors (Lipinski definition) is 5. The molecule has 0 radical (unpaired) electrons. The molecule has 1 heterocycles. The van der Waals surface area contributed by atoms with Gasteiger partial charge in [0.2, 0.25) is 0 Å². The summed E-state index contributed by atoms with van der Waals surface area (Å²) in [7, 11) is 0. The minimum absolute atomic E-state index is 0.0196. The highest BCUT2D eigenvalue weighted by Gasteiger charge is 2.42. The number of aromatic nitrogens is 1. The number of nitrogens with one attached hydrogen (secondary N) is 1. The predicted octanol–water partition coefficient (Wildman–Crippen LogP) is 6.75. The Bertz CT molecular complexity index is 1190. The number of aliphatic hydroxyl groups excluding tert-OH is 2. The van der Waals surface area contributed by atoms with E-state index in [9.17, 15) is 30.3 Å². The van der Waals surface area contributed by atoms with Crippen molar-refractivity contribution in [3.05, 3.63) is 54.2 Å². The van der Waals surface area contributed by atoms with Gasteiger partial charge in [-0.3, -0.25) is 4.79 Å². The van der Waals surface area contributed by atoms with Crippen LogP contribution in [0.2, 0.25) is 0 Å². The summed E-state index contributed by atoms with van der Waals surface area (Å²) in [6, 6.07) is 10.7. The molecule has 2 aliphatic rings. The van der Waals surface area contributed by atoms with Crippen molar-refractivity contribution in [2.45, 2.75) is 127 Å². The van der Waals surface area contributed by atoms with E-state index in [1.165, 1.54) is 25.3 Å². The molecule has 0 amide bonds. The number of carbonyl (C=O) groups is 1. The van der Waals surface area contributed by atoms with E-state index >= 15 is 0 Å². The molecule has 0 aliphatic heterocycles. The van der Waals surface area contributed by atoms with Crippen molar-refractivity contribution in [3.63, 3.8) is 0 Å². The molecule has 2 aromatic rings. The van der Waals surface area contributed by atoms with E-state index < -0.39 is 23.6 Å². The number of unbranched alkanes of at least 4 members (excludes halogenated alkanes) is 4. The van der Waals surface area contributed by atoms with Gasteiger partial charge >= 0.3 is 5.97 Å². The maximum Gasteiger partial charge on any atom is 0.309 e. The van der Waals surface area contributed by atoms with E-state index in [-0.39, 0.29) is 30.1 Å². The zero-order valence-electron chi connectivity index (χ0n) is 26.5. The highest BCUT2D eigenvalue weighted by molar-refractivity contribution is 5.70. The van der Waals surface area contributed by atoms with Crippen molar-refractivity contribution in [2.75, 3.05) is 0 Å². The smallest absolute Gasteiger partial charge is 0.309 e. The Morgan fingerprint density at radius 3 is 2.64 bits per heavy atom. The lowest BCUT2D eigenvalue weighted by molar-refractivity contribution is -0.268. The fourth-order valence-electron chi connectivity index (χ4n) is 7.56. The van der Waals surface area contributed by atoms with Crippen LogP contribution in [0.25, 0.3) is 11.3 Å². The number of H-pyrrole nitrogens is 1. The molecule has 1 saturated carbocycles. The summed E-state index contributed by atoms with van der Waals surface area (Å²) in [4.78, 5) is 15.4. The van der Waals surface area contributed by atoms with Crippen LogP contribution in [-0.2, 0) is 11.2 Å². The van der Waals surface area contributed by atoms with Gasteiger partial charge in [-0.15, -0.1) is 5.75 Å². The fraction of sp³-hybridized carbons (Fsp3) is 0.649. The first kappa shape index (κ1) is 34.3. The third-order valence-electron chi connectivity index (χ3n) is 10.3. The van der Waals surface area contributed by atoms with E-state index in [2.05, 4.69) is 24.1 Å². The van der Waals surface area contributed by atoms with Gasteiger partial charge in [-0.1, -0.05) is 88.3 Å². The van der Waals surface area contributed by atoms with Crippen LogP contribution in [0.5, 0.6) is 5.75 Å². The summed E-state index contributed by atoms with van der Waals surface area (Å²) >= 11 is 0. The molecular formula is C37H54NO6-. The molecule has 5 N–H and O–H groups in total. The first-order valence-corrected chi connectivity index (χ1v) is 17.1. The molecule has 44 heavy (non-hydrogen) atoms. The topological polar surface area (TPSA) is 137 Å². The maximum atomic E-state index is 12.1. The summed E-state index contributed by atoms with van der Waals surface area (Å²) in [5.41, 5.74) is 1.77. The first-order chi connectivity index (χ1) is 21.2. The normalized spacial score (nSPS) is 26.5. The van der Waals surface area contributed by atoms with E-state index in [1.54, 1.807) is 12.1 Å². The van der Waals surface area contributed by atoms with Gasteiger partial charge in [0.1, 0.15) is 0 Å². The molecule has 0 bridgehead atoms. The van der Waals surface area contributed by atoms with E-state index in [4.69, 9.17) is 0 Å². The number of hydrogen-bond acceptors (Lipinski definition) is 5. The summed E-state index contributed by atoms with van der Waals surface area (Å²) in [6.45, 7) is 2.21. The number of aromatic amines is 1. The van der Waals surface area contributed by atoms with Gasteiger partial charge < -0.3 is 30.5 Å². The molecule has 7 heteroatoms. The number of aliphatic hydroxyl groups is 3. The van der Waals surface area contributed by atoms with Crippen LogP contribution < -0.4 is 5.11 Å². The summed E-state index contributed by atoms with van der Waals surface area (Å²) in [5, 5.41) is 54.7. The Morgan fingerprint density at radius 1 is 1.07 bits per heavy atom. The fourth-order valence-corrected chi connectivity index (χ4v) is 7.56. The van der Waals surface area contributed by atoms with Gasteiger partial charge in [-0.2, -0.15) is 0 Å². The minimum atomic E-state index is -0.998. The number of carboxylic acid groups (broad SMARTS) is 1. The second kappa shape index (κ2) is 16.6. The number of benzene rings is 1. The maximum absolute atomic E-state index is 12.1. The van der Waals surface area contributed by atoms with Gasteiger partial charge in [-0.05, 0) is 87.3 Å². The molecule has 244 valence electrons. The van der Waals surface area contributed by atoms with Crippen LogP contribution in [0.3, 0.4) is 0 Å². The first-order valence-electron chi connectivity index (χ1n) is 17.1. The van der Waals surface area contributed by atoms with Crippen LogP contribution in [0.15, 0.2) is 48.6 Å². The second-order valence-corrected chi connectivity index (χ2v) is 13.6. The van der Waals surface area contributed by atoms with Crippen molar-refractivity contribution >= 4 is 5.97 Å². The van der Waals surface area contributed by atoms with Crippen molar-refractivity contribution in [2.24, 2.45) is 23.7 Å². The summed E-state index contributed by atoms with van der Waals surface area (Å²) < 4.78 is 0. The van der Waals surface area contributed by atoms with Crippen LogP contribution in [0, 0.1) is 23.7 Å². The molecule has 1 aromatic heterocycles. The number of allylic oxidation sites excluding steroid dienone is 1. The zero-order valence-corrected chi connectivity index (χ0v) is 26.5. The molecule has 2 aliphatic carbocycles. The van der Waals surface area contributed by atoms with Gasteiger partial charge in [-0.25, -0.2) is 0 Å². The molecule has 0 spiro atoms. The Balaban J connectivity index is 1.20. The predicted molar refractivity (Wildman–Crippen MR) is 172 cm³/mol. The van der Waals surface area contributed by atoms with Crippen molar-refractivity contribution in [1.82, 2.24) is 4.98 Å². The van der Waals surface area contributed by atoms with E-state index in [0.29, 0.717) is 31.6 Å². The lowest BCUT2D eigenvalue weighted by Gasteiger charge is -2.32. The lowest BCUT2D eigenvalue weighted by Crippen LogP contribution is -2.37. The van der Waals surface area contributed by atoms with Gasteiger partial charge in [0.25, 0.3) is 0 Å². The molecular weight excluding hydrogens is 554 g/mol. The van der Waals surface area contributed by atoms with Crippen LogP contribution >= 0.6 is 0 Å². The molecule has 4 rings (SSSR count). The van der Waals surface area contributed by atoms with Crippen LogP contribution in [-0.4, -0.2) is 49.2 Å². The minimum Gasteiger partial charge on any atom is -0.872 e. The summed E-state index contributed by atoms with van der Waals surface area (Å²) in [6.07, 6.45) is 16.4. The Labute approximate surface area is 263 Å². The monoisotopic (exact) mass is 608 g/mol. The quantitative estimate of drug-likeness (QED) is 0.0937. The highest BCUT2D eigenvalue weighted by Crippen LogP contribution is 2.42. The number of aliphatic carboxylic acids is 1. The summed E-state index contributed by atoms with van der Waals surface area (Å²) in [5.74, 6) is -1.17. The lowest BCUT2D eigenvalue weighted by atomic mass is 9.80. The van der Waals surface area contributed by atoms with Crippen LogP contribution in [0.4, 0.5) is 0 Å². The second-order valence-electron chi connectivity index (χ2n) is 13.6. The Morgan fingerprint density at radius 2 is 1.89 bits per heavy atom. The van der Waals surface area contributed by atoms with Crippen molar-refractivity contribution < 1.29 is 30.3 Å². The third kappa shape index (κ3) is 9.69. The Hall–Kier alpha value is -2.61.